The van der Waals surface area contributed by atoms with E-state index in [1.165, 1.54) is 12.1 Å². The first-order valence-corrected chi connectivity index (χ1v) is 11.7. The molecule has 0 fully saturated rings. The minimum absolute atomic E-state index is 0.165. The minimum atomic E-state index is -3.78. The minimum Gasteiger partial charge on any atom is -0.480 e. The highest BCUT2D eigenvalue weighted by molar-refractivity contribution is 7.94. The zero-order chi connectivity index (χ0) is 23.5. The third-order valence-corrected chi connectivity index (χ3v) is 7.55. The summed E-state index contributed by atoms with van der Waals surface area (Å²) in [5.74, 6) is -1.96. The number of rotatable bonds is 8. The highest BCUT2D eigenvalue weighted by Gasteiger charge is 2.21. The Morgan fingerprint density at radius 2 is 1.78 bits per heavy atom. The lowest BCUT2D eigenvalue weighted by atomic mass is 10.0. The maximum Gasteiger partial charge on any atom is 0.328 e. The Labute approximate surface area is 188 Å². The van der Waals surface area contributed by atoms with Crippen LogP contribution in [0.15, 0.2) is 52.7 Å². The summed E-state index contributed by atoms with van der Waals surface area (Å²) in [5.41, 5.74) is 2.48. The first kappa shape index (κ1) is 23.4. The van der Waals surface area contributed by atoms with Gasteiger partial charge in [0.1, 0.15) is 0 Å². The SMILES string of the molecule is Cc1nc(C)c(S(=O)(=O)Nc2cccc(-c3ccc(C(=O)NC(CO)C(=O)O)cc3)c2)s1. The van der Waals surface area contributed by atoms with E-state index >= 15 is 0 Å². The number of aliphatic hydroxyl groups excluding tert-OH is 1. The van der Waals surface area contributed by atoms with E-state index in [1.807, 2.05) is 0 Å². The molecule has 3 rings (SSSR count). The van der Waals surface area contributed by atoms with Gasteiger partial charge in [0.25, 0.3) is 15.9 Å². The number of carbonyl (C=O) groups is 2. The number of carbonyl (C=O) groups excluding carboxylic acids is 1. The molecule has 1 atom stereocenters. The summed E-state index contributed by atoms with van der Waals surface area (Å²) in [7, 11) is -3.78. The third-order valence-electron chi connectivity index (χ3n) is 4.49. The monoisotopic (exact) mass is 475 g/mol. The molecule has 1 unspecified atom stereocenters. The van der Waals surface area contributed by atoms with Gasteiger partial charge in [0, 0.05) is 11.3 Å². The topological polar surface area (TPSA) is 146 Å². The molecule has 0 aliphatic heterocycles. The molecule has 4 N–H and O–H groups in total. The van der Waals surface area contributed by atoms with Crippen LogP contribution in [0.1, 0.15) is 21.1 Å². The molecule has 168 valence electrons. The van der Waals surface area contributed by atoms with Crippen LogP contribution in [0.3, 0.4) is 0 Å². The van der Waals surface area contributed by atoms with Crippen LogP contribution in [-0.4, -0.2) is 48.1 Å². The van der Waals surface area contributed by atoms with E-state index in [0.29, 0.717) is 22.0 Å². The van der Waals surface area contributed by atoms with Crippen LogP contribution in [0.4, 0.5) is 5.69 Å². The van der Waals surface area contributed by atoms with Crippen molar-refractivity contribution in [3.05, 3.63) is 64.8 Å². The number of amides is 1. The number of hydrogen-bond donors (Lipinski definition) is 4. The van der Waals surface area contributed by atoms with Crippen molar-refractivity contribution in [3.8, 4) is 11.1 Å². The van der Waals surface area contributed by atoms with Crippen molar-refractivity contribution in [2.24, 2.45) is 0 Å². The van der Waals surface area contributed by atoms with E-state index in [0.717, 1.165) is 16.9 Å². The Balaban J connectivity index is 1.78. The molecule has 3 aromatic rings. The van der Waals surface area contributed by atoms with E-state index in [-0.39, 0.29) is 9.77 Å². The van der Waals surface area contributed by atoms with Crippen molar-refractivity contribution in [2.45, 2.75) is 24.1 Å². The van der Waals surface area contributed by atoms with Gasteiger partial charge < -0.3 is 15.5 Å². The Morgan fingerprint density at radius 3 is 2.34 bits per heavy atom. The lowest BCUT2D eigenvalue weighted by Crippen LogP contribution is -2.43. The van der Waals surface area contributed by atoms with E-state index in [2.05, 4.69) is 15.0 Å². The van der Waals surface area contributed by atoms with Crippen molar-refractivity contribution in [3.63, 3.8) is 0 Å². The summed E-state index contributed by atoms with van der Waals surface area (Å²) in [4.78, 5) is 27.3. The predicted molar refractivity (Wildman–Crippen MR) is 120 cm³/mol. The van der Waals surface area contributed by atoms with Gasteiger partial charge in [-0.05, 0) is 49.2 Å². The number of anilines is 1. The maximum atomic E-state index is 12.7. The summed E-state index contributed by atoms with van der Waals surface area (Å²) in [6.45, 7) is 2.67. The molecule has 0 saturated carbocycles. The molecule has 32 heavy (non-hydrogen) atoms. The smallest absolute Gasteiger partial charge is 0.328 e. The molecule has 1 heterocycles. The second-order valence-electron chi connectivity index (χ2n) is 6.92. The molecule has 0 spiro atoms. The number of carboxylic acid groups (broad SMARTS) is 1. The molecular formula is C21H21N3O6S2. The number of sulfonamides is 1. The number of carboxylic acids is 1. The number of aryl methyl sites for hydroxylation is 2. The average molecular weight is 476 g/mol. The fourth-order valence-corrected chi connectivity index (χ4v) is 5.50. The molecule has 11 heteroatoms. The van der Waals surface area contributed by atoms with Crippen molar-refractivity contribution < 1.29 is 28.2 Å². The Bertz CT molecular complexity index is 1250. The van der Waals surface area contributed by atoms with E-state index in [1.54, 1.807) is 50.2 Å². The van der Waals surface area contributed by atoms with Gasteiger partial charge in [-0.1, -0.05) is 24.3 Å². The summed E-state index contributed by atoms with van der Waals surface area (Å²) in [6, 6.07) is 11.8. The van der Waals surface area contributed by atoms with Gasteiger partial charge in [0.2, 0.25) is 0 Å². The van der Waals surface area contributed by atoms with Gasteiger partial charge in [0.15, 0.2) is 10.3 Å². The number of aliphatic hydroxyl groups is 1. The molecule has 0 aliphatic carbocycles. The quantitative estimate of drug-likeness (QED) is 0.391. The number of nitrogens with zero attached hydrogens (tertiary/aromatic N) is 1. The van der Waals surface area contributed by atoms with Crippen LogP contribution in [0.5, 0.6) is 0 Å². The maximum absolute atomic E-state index is 12.7. The highest BCUT2D eigenvalue weighted by atomic mass is 32.2. The average Bonchev–Trinajstić information content (AvgIpc) is 3.10. The number of thiazole rings is 1. The summed E-state index contributed by atoms with van der Waals surface area (Å²) in [5, 5.41) is 20.9. The van der Waals surface area contributed by atoms with Gasteiger partial charge in [0.05, 0.1) is 17.3 Å². The fourth-order valence-electron chi connectivity index (χ4n) is 2.97. The van der Waals surface area contributed by atoms with Crippen LogP contribution in [0, 0.1) is 13.8 Å². The van der Waals surface area contributed by atoms with Crippen LogP contribution in [-0.2, 0) is 14.8 Å². The molecule has 2 aromatic carbocycles. The Hall–Kier alpha value is -3.28. The van der Waals surface area contributed by atoms with Crippen LogP contribution in [0.2, 0.25) is 0 Å². The van der Waals surface area contributed by atoms with Crippen molar-refractivity contribution in [1.82, 2.24) is 10.3 Å². The number of aliphatic carboxylic acids is 1. The molecule has 0 bridgehead atoms. The van der Waals surface area contributed by atoms with E-state index < -0.39 is 34.5 Å². The largest absolute Gasteiger partial charge is 0.480 e. The normalized spacial score (nSPS) is 12.2. The van der Waals surface area contributed by atoms with Crippen molar-refractivity contribution >= 4 is 38.9 Å². The van der Waals surface area contributed by atoms with Gasteiger partial charge in [-0.25, -0.2) is 18.2 Å². The second-order valence-corrected chi connectivity index (χ2v) is 10.00. The van der Waals surface area contributed by atoms with Crippen molar-refractivity contribution in [2.75, 3.05) is 11.3 Å². The summed E-state index contributed by atoms with van der Waals surface area (Å²) in [6.07, 6.45) is 0. The molecule has 0 saturated heterocycles. The Morgan fingerprint density at radius 1 is 1.09 bits per heavy atom. The standard InChI is InChI=1S/C21H21N3O6S2/c1-12-21(31-13(2)22-12)32(29,30)24-17-5-3-4-16(10-17)14-6-8-15(9-7-14)19(26)23-18(11-25)20(27)28/h3-10,18,24-25H,11H2,1-2H3,(H,23,26)(H,27,28). The van der Waals surface area contributed by atoms with Crippen LogP contribution in [0.25, 0.3) is 11.1 Å². The fraction of sp³-hybridized carbons (Fsp3) is 0.190. The van der Waals surface area contributed by atoms with Crippen LogP contribution >= 0.6 is 11.3 Å². The lowest BCUT2D eigenvalue weighted by Gasteiger charge is -2.12. The van der Waals surface area contributed by atoms with E-state index in [9.17, 15) is 18.0 Å². The van der Waals surface area contributed by atoms with Gasteiger partial charge >= 0.3 is 5.97 Å². The molecule has 0 radical (unpaired) electrons. The summed E-state index contributed by atoms with van der Waals surface area (Å²) < 4.78 is 28.2. The molecular weight excluding hydrogens is 454 g/mol. The zero-order valence-electron chi connectivity index (χ0n) is 17.2. The zero-order valence-corrected chi connectivity index (χ0v) is 18.8. The molecule has 1 aromatic heterocycles. The number of benzene rings is 2. The van der Waals surface area contributed by atoms with Gasteiger partial charge in [-0.2, -0.15) is 0 Å². The Kier molecular flexibility index (Phi) is 6.92. The van der Waals surface area contributed by atoms with Crippen LogP contribution < -0.4 is 10.0 Å². The van der Waals surface area contributed by atoms with Gasteiger partial charge in [-0.15, -0.1) is 11.3 Å². The molecule has 0 aliphatic rings. The summed E-state index contributed by atoms with van der Waals surface area (Å²) >= 11 is 1.10. The number of nitrogens with one attached hydrogen (secondary N) is 2. The first-order valence-electron chi connectivity index (χ1n) is 9.42. The van der Waals surface area contributed by atoms with Gasteiger partial charge in [-0.3, -0.25) is 9.52 Å². The first-order chi connectivity index (χ1) is 15.1. The number of hydrogen-bond acceptors (Lipinski definition) is 7. The number of aromatic nitrogens is 1. The van der Waals surface area contributed by atoms with E-state index in [4.69, 9.17) is 10.2 Å². The second kappa shape index (κ2) is 9.47. The predicted octanol–water partition coefficient (Wildman–Crippen LogP) is 2.40. The third kappa shape index (κ3) is 5.31. The van der Waals surface area contributed by atoms with Crippen molar-refractivity contribution in [1.29, 1.82) is 0 Å². The lowest BCUT2D eigenvalue weighted by molar-refractivity contribution is -0.140. The highest BCUT2D eigenvalue weighted by Crippen LogP contribution is 2.28. The molecule has 1 amide bonds. The molecule has 9 nitrogen and oxygen atoms in total.